The van der Waals surface area contributed by atoms with Crippen LogP contribution in [0, 0.1) is 5.92 Å². The van der Waals surface area contributed by atoms with Gasteiger partial charge in [-0.05, 0) is 39.2 Å². The molecule has 3 atom stereocenters. The van der Waals surface area contributed by atoms with Crippen LogP contribution in [0.1, 0.15) is 26.7 Å². The van der Waals surface area contributed by atoms with Gasteiger partial charge in [0.2, 0.25) is 5.91 Å². The Balaban J connectivity index is 2.60. The summed E-state index contributed by atoms with van der Waals surface area (Å²) in [5, 5.41) is 0. The molecule has 1 saturated heterocycles. The molecule has 4 heteroatoms. The fourth-order valence-corrected chi connectivity index (χ4v) is 2.11. The summed E-state index contributed by atoms with van der Waals surface area (Å²) in [6.07, 6.45) is 2.28. The van der Waals surface area contributed by atoms with Gasteiger partial charge >= 0.3 is 0 Å². The van der Waals surface area contributed by atoms with Gasteiger partial charge in [0.25, 0.3) is 0 Å². The molecule has 0 aromatic carbocycles. The molecular formula is C10H21N3O. The summed E-state index contributed by atoms with van der Waals surface area (Å²) in [5.74, 6) is 0.280. The van der Waals surface area contributed by atoms with Gasteiger partial charge in [-0.3, -0.25) is 9.69 Å². The van der Waals surface area contributed by atoms with Crippen molar-refractivity contribution in [2.75, 3.05) is 13.1 Å². The quantitative estimate of drug-likeness (QED) is 0.667. The Labute approximate surface area is 85.6 Å². The highest BCUT2D eigenvalue weighted by molar-refractivity contribution is 5.79. The Kier molecular flexibility index (Phi) is 3.89. The predicted molar refractivity (Wildman–Crippen MR) is 56.6 cm³/mol. The molecule has 0 aromatic rings. The number of nitrogens with zero attached hydrogens (tertiary/aromatic N) is 1. The minimum Gasteiger partial charge on any atom is -0.368 e. The van der Waals surface area contributed by atoms with Gasteiger partial charge in [-0.15, -0.1) is 0 Å². The average molecular weight is 199 g/mol. The molecule has 1 heterocycles. The molecule has 1 amide bonds. The van der Waals surface area contributed by atoms with Gasteiger partial charge in [0.15, 0.2) is 0 Å². The fourth-order valence-electron chi connectivity index (χ4n) is 2.11. The van der Waals surface area contributed by atoms with E-state index in [2.05, 4.69) is 11.8 Å². The Bertz CT molecular complexity index is 208. The summed E-state index contributed by atoms with van der Waals surface area (Å²) in [6, 6.07) is 0.277. The van der Waals surface area contributed by atoms with Crippen molar-refractivity contribution in [3.63, 3.8) is 0 Å². The lowest BCUT2D eigenvalue weighted by Crippen LogP contribution is -2.52. The van der Waals surface area contributed by atoms with E-state index in [0.717, 1.165) is 13.0 Å². The molecule has 0 bridgehead atoms. The molecule has 0 aliphatic carbocycles. The number of amides is 1. The first-order valence-electron chi connectivity index (χ1n) is 5.31. The molecule has 0 aromatic heterocycles. The van der Waals surface area contributed by atoms with Crippen molar-refractivity contribution in [3.05, 3.63) is 0 Å². The molecule has 1 rings (SSSR count). The van der Waals surface area contributed by atoms with E-state index < -0.39 is 0 Å². The van der Waals surface area contributed by atoms with E-state index >= 15 is 0 Å². The topological polar surface area (TPSA) is 72.3 Å². The maximum atomic E-state index is 11.1. The number of rotatable bonds is 3. The van der Waals surface area contributed by atoms with E-state index in [9.17, 15) is 4.79 Å². The average Bonchev–Trinajstić information content (AvgIpc) is 2.17. The van der Waals surface area contributed by atoms with Crippen molar-refractivity contribution in [1.29, 1.82) is 0 Å². The third-order valence-electron chi connectivity index (χ3n) is 3.27. The van der Waals surface area contributed by atoms with Crippen LogP contribution in [0.15, 0.2) is 0 Å². The second-order valence-electron chi connectivity index (χ2n) is 4.30. The SMILES string of the molecule is CC1CCC(CN)CN1C(C)C(N)=O. The first-order valence-corrected chi connectivity index (χ1v) is 5.31. The van der Waals surface area contributed by atoms with Gasteiger partial charge in [-0.25, -0.2) is 0 Å². The zero-order chi connectivity index (χ0) is 10.7. The highest BCUT2D eigenvalue weighted by atomic mass is 16.1. The van der Waals surface area contributed by atoms with Crippen LogP contribution in [0.4, 0.5) is 0 Å². The Morgan fingerprint density at radius 1 is 1.57 bits per heavy atom. The first kappa shape index (κ1) is 11.5. The van der Waals surface area contributed by atoms with Crippen LogP contribution >= 0.6 is 0 Å². The van der Waals surface area contributed by atoms with Gasteiger partial charge in [0, 0.05) is 12.6 Å². The molecule has 1 aliphatic heterocycles. The number of carbonyl (C=O) groups excluding carboxylic acids is 1. The first-order chi connectivity index (χ1) is 6.56. The van der Waals surface area contributed by atoms with Crippen molar-refractivity contribution >= 4 is 5.91 Å². The summed E-state index contributed by atoms with van der Waals surface area (Å²) in [5.41, 5.74) is 10.9. The van der Waals surface area contributed by atoms with Crippen molar-refractivity contribution in [1.82, 2.24) is 4.90 Å². The van der Waals surface area contributed by atoms with Gasteiger partial charge < -0.3 is 11.5 Å². The van der Waals surface area contributed by atoms with E-state index in [1.54, 1.807) is 0 Å². The highest BCUT2D eigenvalue weighted by Gasteiger charge is 2.30. The van der Waals surface area contributed by atoms with E-state index in [4.69, 9.17) is 11.5 Å². The number of likely N-dealkylation sites (tertiary alicyclic amines) is 1. The van der Waals surface area contributed by atoms with E-state index in [0.29, 0.717) is 18.5 Å². The zero-order valence-corrected chi connectivity index (χ0v) is 9.07. The van der Waals surface area contributed by atoms with E-state index in [1.807, 2.05) is 6.92 Å². The maximum absolute atomic E-state index is 11.1. The van der Waals surface area contributed by atoms with Gasteiger partial charge in [-0.1, -0.05) is 0 Å². The lowest BCUT2D eigenvalue weighted by atomic mass is 9.92. The molecule has 4 nitrogen and oxygen atoms in total. The maximum Gasteiger partial charge on any atom is 0.234 e. The minimum absolute atomic E-state index is 0.167. The lowest BCUT2D eigenvalue weighted by Gasteiger charge is -2.40. The van der Waals surface area contributed by atoms with Crippen molar-refractivity contribution < 1.29 is 4.79 Å². The normalized spacial score (nSPS) is 31.4. The number of carbonyl (C=O) groups is 1. The molecule has 3 unspecified atom stereocenters. The van der Waals surface area contributed by atoms with Crippen LogP contribution in [0.25, 0.3) is 0 Å². The monoisotopic (exact) mass is 199 g/mol. The number of hydrogen-bond acceptors (Lipinski definition) is 3. The van der Waals surface area contributed by atoms with E-state index in [1.165, 1.54) is 6.42 Å². The van der Waals surface area contributed by atoms with Crippen LogP contribution in [-0.2, 0) is 4.79 Å². The Morgan fingerprint density at radius 3 is 2.71 bits per heavy atom. The Hall–Kier alpha value is -0.610. The third kappa shape index (κ3) is 2.45. The van der Waals surface area contributed by atoms with Gasteiger partial charge in [-0.2, -0.15) is 0 Å². The summed E-state index contributed by atoms with van der Waals surface area (Å²) in [4.78, 5) is 13.3. The van der Waals surface area contributed by atoms with Crippen molar-refractivity contribution in [3.8, 4) is 0 Å². The third-order valence-corrected chi connectivity index (χ3v) is 3.27. The molecule has 1 aliphatic rings. The van der Waals surface area contributed by atoms with Gasteiger partial charge in [0.1, 0.15) is 0 Å². The number of nitrogens with two attached hydrogens (primary N) is 2. The van der Waals surface area contributed by atoms with E-state index in [-0.39, 0.29) is 11.9 Å². The molecular weight excluding hydrogens is 178 g/mol. The Morgan fingerprint density at radius 2 is 2.21 bits per heavy atom. The smallest absolute Gasteiger partial charge is 0.234 e. The molecule has 0 radical (unpaired) electrons. The van der Waals surface area contributed by atoms with Crippen molar-refractivity contribution in [2.45, 2.75) is 38.8 Å². The molecule has 1 fully saturated rings. The molecule has 82 valence electrons. The lowest BCUT2D eigenvalue weighted by molar-refractivity contribution is -0.124. The summed E-state index contributed by atoms with van der Waals surface area (Å²) in [7, 11) is 0. The predicted octanol–water partition coefficient (Wildman–Crippen LogP) is -0.0806. The fraction of sp³-hybridized carbons (Fsp3) is 0.900. The van der Waals surface area contributed by atoms with Crippen LogP contribution in [0.5, 0.6) is 0 Å². The summed E-state index contributed by atoms with van der Waals surface area (Å²) in [6.45, 7) is 5.63. The molecule has 0 spiro atoms. The number of primary amides is 1. The van der Waals surface area contributed by atoms with Crippen LogP contribution in [0.3, 0.4) is 0 Å². The standard InChI is InChI=1S/C10H21N3O/c1-7-3-4-9(5-11)6-13(7)8(2)10(12)14/h7-9H,3-6,11H2,1-2H3,(H2,12,14). The van der Waals surface area contributed by atoms with Crippen LogP contribution in [0.2, 0.25) is 0 Å². The minimum atomic E-state index is -0.241. The largest absolute Gasteiger partial charge is 0.368 e. The van der Waals surface area contributed by atoms with Crippen LogP contribution in [-0.4, -0.2) is 36.0 Å². The molecule has 0 saturated carbocycles. The van der Waals surface area contributed by atoms with Crippen LogP contribution < -0.4 is 11.5 Å². The zero-order valence-electron chi connectivity index (χ0n) is 9.07. The number of piperidine rings is 1. The molecule has 14 heavy (non-hydrogen) atoms. The number of hydrogen-bond donors (Lipinski definition) is 2. The second kappa shape index (κ2) is 4.75. The highest BCUT2D eigenvalue weighted by Crippen LogP contribution is 2.22. The summed E-state index contributed by atoms with van der Waals surface area (Å²) >= 11 is 0. The van der Waals surface area contributed by atoms with Gasteiger partial charge in [0.05, 0.1) is 6.04 Å². The molecule has 4 N–H and O–H groups in total. The summed E-state index contributed by atoms with van der Waals surface area (Å²) < 4.78 is 0. The second-order valence-corrected chi connectivity index (χ2v) is 4.30. The van der Waals surface area contributed by atoms with Crippen molar-refractivity contribution in [2.24, 2.45) is 17.4 Å².